The number of benzene rings is 2. The van der Waals surface area contributed by atoms with Crippen LogP contribution >= 0.6 is 0 Å². The highest BCUT2D eigenvalue weighted by Gasteiger charge is 2.43. The number of anilines is 1. The quantitative estimate of drug-likeness (QED) is 0.312. The van der Waals surface area contributed by atoms with Gasteiger partial charge >= 0.3 is 0 Å². The summed E-state index contributed by atoms with van der Waals surface area (Å²) in [6.45, 7) is 6.93. The van der Waals surface area contributed by atoms with Crippen LogP contribution in [0.2, 0.25) is 0 Å². The Morgan fingerprint density at radius 3 is 2.63 bits per heavy atom. The molecule has 0 radical (unpaired) electrons. The SMILES string of the molecule is Cc1cc(NC(=O)C2CC(F)CN2C(=O)Cn2nc(C(N)=O)c3cc(-c4ccnnc4)ccc32)c2c(c1)C(=O)CC(C)(C(C)C)O2. The summed E-state index contributed by atoms with van der Waals surface area (Å²) in [6.07, 6.45) is 1.68. The first-order chi connectivity index (χ1) is 21.8. The average molecular weight is 628 g/mol. The van der Waals surface area contributed by atoms with Crippen molar-refractivity contribution in [3.63, 3.8) is 0 Å². The van der Waals surface area contributed by atoms with Crippen LogP contribution in [-0.2, 0) is 16.1 Å². The molecule has 13 heteroatoms. The first-order valence-corrected chi connectivity index (χ1v) is 15.0. The van der Waals surface area contributed by atoms with Crippen LogP contribution < -0.4 is 15.8 Å². The van der Waals surface area contributed by atoms with Gasteiger partial charge in [0.25, 0.3) is 5.91 Å². The summed E-state index contributed by atoms with van der Waals surface area (Å²) in [4.78, 5) is 53.9. The highest BCUT2D eigenvalue weighted by molar-refractivity contribution is 6.06. The number of amides is 3. The molecule has 3 unspecified atom stereocenters. The van der Waals surface area contributed by atoms with Gasteiger partial charge in [0.2, 0.25) is 11.8 Å². The van der Waals surface area contributed by atoms with Crippen LogP contribution in [-0.4, -0.2) is 72.7 Å². The van der Waals surface area contributed by atoms with Gasteiger partial charge in [-0.15, -0.1) is 0 Å². The fourth-order valence-corrected chi connectivity index (χ4v) is 6.06. The molecular formula is C33H34FN7O5. The minimum absolute atomic E-state index is 0.0115. The van der Waals surface area contributed by atoms with E-state index in [9.17, 15) is 23.6 Å². The average Bonchev–Trinajstić information content (AvgIpc) is 3.58. The first-order valence-electron chi connectivity index (χ1n) is 15.0. The van der Waals surface area contributed by atoms with E-state index in [-0.39, 0.29) is 49.1 Å². The van der Waals surface area contributed by atoms with Crippen molar-refractivity contribution in [1.29, 1.82) is 0 Å². The molecule has 2 aromatic heterocycles. The van der Waals surface area contributed by atoms with Gasteiger partial charge in [0.15, 0.2) is 17.2 Å². The van der Waals surface area contributed by atoms with E-state index in [0.717, 1.165) is 16.7 Å². The maximum atomic E-state index is 14.8. The molecule has 0 aliphatic carbocycles. The van der Waals surface area contributed by atoms with Crippen molar-refractivity contribution in [1.82, 2.24) is 24.9 Å². The van der Waals surface area contributed by atoms with Crippen LogP contribution in [0, 0.1) is 12.8 Å². The predicted molar refractivity (Wildman–Crippen MR) is 167 cm³/mol. The molecule has 4 heterocycles. The molecular weight excluding hydrogens is 593 g/mol. The summed E-state index contributed by atoms with van der Waals surface area (Å²) in [5.74, 6) is -1.76. The topological polar surface area (TPSA) is 162 Å². The number of carbonyl (C=O) groups excluding carboxylic acids is 4. The summed E-state index contributed by atoms with van der Waals surface area (Å²) in [7, 11) is 0. The highest BCUT2D eigenvalue weighted by Crippen LogP contribution is 2.42. The van der Waals surface area contributed by atoms with Gasteiger partial charge in [-0.05, 0) is 61.2 Å². The van der Waals surface area contributed by atoms with Crippen molar-refractivity contribution in [2.75, 3.05) is 11.9 Å². The smallest absolute Gasteiger partial charge is 0.269 e. The summed E-state index contributed by atoms with van der Waals surface area (Å²) in [5, 5.41) is 15.2. The van der Waals surface area contributed by atoms with Crippen LogP contribution in [0.3, 0.4) is 0 Å². The fourth-order valence-electron chi connectivity index (χ4n) is 6.06. The zero-order valence-corrected chi connectivity index (χ0v) is 25.9. The summed E-state index contributed by atoms with van der Waals surface area (Å²) in [6, 6.07) is 9.27. The van der Waals surface area contributed by atoms with Crippen molar-refractivity contribution in [2.45, 2.75) is 64.9 Å². The third-order valence-electron chi connectivity index (χ3n) is 8.92. The van der Waals surface area contributed by atoms with E-state index in [4.69, 9.17) is 10.5 Å². The number of hydrogen-bond acceptors (Lipinski definition) is 8. The molecule has 4 aromatic rings. The second-order valence-corrected chi connectivity index (χ2v) is 12.5. The first kappa shape index (κ1) is 30.8. The molecule has 12 nitrogen and oxygen atoms in total. The molecule has 6 rings (SSSR count). The number of ketones is 1. The van der Waals surface area contributed by atoms with E-state index in [1.807, 2.05) is 20.8 Å². The zero-order chi connectivity index (χ0) is 32.9. The Hall–Kier alpha value is -5.20. The third-order valence-corrected chi connectivity index (χ3v) is 8.92. The summed E-state index contributed by atoms with van der Waals surface area (Å²) in [5.41, 5.74) is 8.18. The number of nitrogens with zero attached hydrogens (tertiary/aromatic N) is 5. The summed E-state index contributed by atoms with van der Waals surface area (Å²) >= 11 is 0. The molecule has 0 bridgehead atoms. The zero-order valence-electron chi connectivity index (χ0n) is 25.9. The number of ether oxygens (including phenoxy) is 1. The number of fused-ring (bicyclic) bond motifs is 2. The molecule has 3 atom stereocenters. The number of primary amides is 1. The van der Waals surface area contributed by atoms with Crippen molar-refractivity contribution in [3.05, 3.63) is 65.6 Å². The lowest BCUT2D eigenvalue weighted by molar-refractivity contribution is -0.137. The molecule has 0 spiro atoms. The van der Waals surface area contributed by atoms with Gasteiger partial charge < -0.3 is 20.7 Å². The number of Topliss-reactive ketones (excluding diaryl/α,β-unsaturated/α-hetero) is 1. The normalized spacial score (nSPS) is 20.9. The lowest BCUT2D eigenvalue weighted by atomic mass is 9.82. The lowest BCUT2D eigenvalue weighted by Crippen LogP contribution is -2.45. The Balaban J connectivity index is 1.27. The van der Waals surface area contributed by atoms with Crippen LogP contribution in [0.1, 0.15) is 60.0 Å². The Morgan fingerprint density at radius 1 is 1.15 bits per heavy atom. The fraction of sp³-hybridized carbons (Fsp3) is 0.364. The van der Waals surface area contributed by atoms with Crippen LogP contribution in [0.15, 0.2) is 48.8 Å². The van der Waals surface area contributed by atoms with Gasteiger partial charge in [0.05, 0.1) is 42.1 Å². The molecule has 3 N–H and O–H groups in total. The Labute approximate surface area is 264 Å². The van der Waals surface area contributed by atoms with Gasteiger partial charge in [-0.2, -0.15) is 15.3 Å². The number of alkyl halides is 1. The number of carbonyl (C=O) groups is 4. The largest absolute Gasteiger partial charge is 0.484 e. The van der Waals surface area contributed by atoms with E-state index in [0.29, 0.717) is 22.2 Å². The lowest BCUT2D eigenvalue weighted by Gasteiger charge is -2.39. The molecule has 1 saturated heterocycles. The molecule has 0 saturated carbocycles. The van der Waals surface area contributed by atoms with Gasteiger partial charge in [-0.1, -0.05) is 19.9 Å². The second kappa shape index (κ2) is 11.6. The van der Waals surface area contributed by atoms with Crippen molar-refractivity contribution in [2.24, 2.45) is 11.7 Å². The van der Waals surface area contributed by atoms with E-state index in [1.54, 1.807) is 55.7 Å². The Morgan fingerprint density at radius 2 is 1.93 bits per heavy atom. The molecule has 2 aromatic carbocycles. The monoisotopic (exact) mass is 627 g/mol. The highest BCUT2D eigenvalue weighted by atomic mass is 19.1. The van der Waals surface area contributed by atoms with Crippen molar-refractivity contribution in [3.8, 4) is 16.9 Å². The molecule has 1 fully saturated rings. The standard InChI is InChI=1S/C33H34FN7O5/c1-17(2)33(4)13-27(42)23-9-18(3)10-24(30(23)46-33)38-32(45)26-12-21(34)15-40(26)28(43)16-41-25-6-5-19(20-7-8-36-37-14-20)11-22(25)29(39-41)31(35)44/h5-11,14,17,21,26H,12-13,15-16H2,1-4H3,(H2,35,44)(H,38,45). The van der Waals surface area contributed by atoms with Gasteiger partial charge in [-0.25, -0.2) is 4.39 Å². The van der Waals surface area contributed by atoms with Gasteiger partial charge in [-0.3, -0.25) is 23.9 Å². The Kier molecular flexibility index (Phi) is 7.78. The van der Waals surface area contributed by atoms with E-state index in [2.05, 4.69) is 20.6 Å². The minimum atomic E-state index is -1.43. The van der Waals surface area contributed by atoms with E-state index >= 15 is 0 Å². The van der Waals surface area contributed by atoms with Crippen LogP contribution in [0.25, 0.3) is 22.0 Å². The van der Waals surface area contributed by atoms with E-state index in [1.165, 1.54) is 9.58 Å². The van der Waals surface area contributed by atoms with Gasteiger partial charge in [0, 0.05) is 17.4 Å². The molecule has 2 aliphatic heterocycles. The predicted octanol–water partition coefficient (Wildman–Crippen LogP) is 3.86. The van der Waals surface area contributed by atoms with Crippen LogP contribution in [0.4, 0.5) is 10.1 Å². The summed E-state index contributed by atoms with van der Waals surface area (Å²) < 4.78 is 22.5. The molecule has 2 aliphatic rings. The number of hydrogen-bond donors (Lipinski definition) is 2. The van der Waals surface area contributed by atoms with Crippen molar-refractivity contribution >= 4 is 40.1 Å². The molecule has 3 amide bonds. The third kappa shape index (κ3) is 5.57. The van der Waals surface area contributed by atoms with E-state index < -0.39 is 35.5 Å². The number of rotatable bonds is 7. The molecule has 238 valence electrons. The number of likely N-dealkylation sites (tertiary alicyclic amines) is 1. The van der Waals surface area contributed by atoms with Gasteiger partial charge in [0.1, 0.15) is 24.4 Å². The number of aryl methyl sites for hydroxylation is 1. The molecule has 46 heavy (non-hydrogen) atoms. The number of nitrogens with one attached hydrogen (secondary N) is 1. The van der Waals surface area contributed by atoms with Crippen LogP contribution in [0.5, 0.6) is 5.75 Å². The maximum Gasteiger partial charge on any atom is 0.269 e. The number of halogens is 1. The number of nitrogens with two attached hydrogens (primary N) is 1. The van der Waals surface area contributed by atoms with Crippen molar-refractivity contribution < 1.29 is 28.3 Å². The minimum Gasteiger partial charge on any atom is -0.484 e. The Bertz CT molecular complexity index is 1890. The maximum absolute atomic E-state index is 14.8. The second-order valence-electron chi connectivity index (χ2n) is 12.5. The number of aromatic nitrogens is 4.